The SMILES string of the molecule is CC(O)c1ccc(Oc2ccc3cccnc3c2)c(Cl)c1. The Hall–Kier alpha value is -2.10. The van der Waals surface area contributed by atoms with Crippen molar-refractivity contribution in [2.24, 2.45) is 0 Å². The molecule has 0 spiro atoms. The quantitative estimate of drug-likeness (QED) is 0.760. The molecule has 0 bridgehead atoms. The van der Waals surface area contributed by atoms with Gasteiger partial charge in [0, 0.05) is 17.6 Å². The Morgan fingerprint density at radius 3 is 2.76 bits per heavy atom. The predicted octanol–water partition coefficient (Wildman–Crippen LogP) is 4.73. The van der Waals surface area contributed by atoms with Gasteiger partial charge in [-0.25, -0.2) is 0 Å². The standard InChI is InChI=1S/C17H14ClNO2/c1-11(20)13-5-7-17(15(18)9-13)21-14-6-4-12-3-2-8-19-16(12)10-14/h2-11,20H,1H3. The number of rotatable bonds is 3. The first-order valence-electron chi connectivity index (χ1n) is 6.63. The van der Waals surface area contributed by atoms with Crippen LogP contribution < -0.4 is 4.74 Å². The number of hydrogen-bond acceptors (Lipinski definition) is 3. The number of aliphatic hydroxyl groups is 1. The third kappa shape index (κ3) is 2.99. The van der Waals surface area contributed by atoms with Gasteiger partial charge in [0.25, 0.3) is 0 Å². The van der Waals surface area contributed by atoms with Gasteiger partial charge in [0.2, 0.25) is 0 Å². The summed E-state index contributed by atoms with van der Waals surface area (Å²) in [4.78, 5) is 4.30. The molecule has 1 N–H and O–H groups in total. The number of pyridine rings is 1. The molecule has 0 saturated heterocycles. The molecule has 0 fully saturated rings. The van der Waals surface area contributed by atoms with Gasteiger partial charge < -0.3 is 9.84 Å². The van der Waals surface area contributed by atoms with Crippen LogP contribution in [0.15, 0.2) is 54.7 Å². The van der Waals surface area contributed by atoms with Crippen LogP contribution in [0.4, 0.5) is 0 Å². The lowest BCUT2D eigenvalue weighted by Crippen LogP contribution is -1.92. The summed E-state index contributed by atoms with van der Waals surface area (Å²) in [6.07, 6.45) is 1.19. The number of ether oxygens (including phenoxy) is 1. The molecule has 1 atom stereocenters. The van der Waals surface area contributed by atoms with Gasteiger partial charge in [0.1, 0.15) is 11.5 Å². The highest BCUT2D eigenvalue weighted by molar-refractivity contribution is 6.32. The predicted molar refractivity (Wildman–Crippen MR) is 83.9 cm³/mol. The fraction of sp³-hybridized carbons (Fsp3) is 0.118. The highest BCUT2D eigenvalue weighted by Gasteiger charge is 2.08. The number of benzene rings is 2. The molecule has 4 heteroatoms. The van der Waals surface area contributed by atoms with E-state index < -0.39 is 6.10 Å². The minimum atomic E-state index is -0.554. The highest BCUT2D eigenvalue weighted by Crippen LogP contribution is 2.32. The molecular formula is C17H14ClNO2. The zero-order valence-electron chi connectivity index (χ0n) is 11.5. The average molecular weight is 300 g/mol. The molecule has 2 aromatic carbocycles. The molecule has 3 aromatic rings. The van der Waals surface area contributed by atoms with Crippen LogP contribution in [-0.2, 0) is 0 Å². The van der Waals surface area contributed by atoms with Crippen LogP contribution >= 0.6 is 11.6 Å². The fourth-order valence-electron chi connectivity index (χ4n) is 2.10. The van der Waals surface area contributed by atoms with E-state index in [0.29, 0.717) is 16.5 Å². The van der Waals surface area contributed by atoms with E-state index in [9.17, 15) is 5.11 Å². The summed E-state index contributed by atoms with van der Waals surface area (Å²) in [6, 6.07) is 14.9. The molecule has 1 aromatic heterocycles. The smallest absolute Gasteiger partial charge is 0.146 e. The molecule has 0 aliphatic rings. The third-order valence-electron chi connectivity index (χ3n) is 3.24. The number of nitrogens with zero attached hydrogens (tertiary/aromatic N) is 1. The molecule has 0 saturated carbocycles. The minimum absolute atomic E-state index is 0.467. The molecule has 0 aliphatic heterocycles. The summed E-state index contributed by atoms with van der Waals surface area (Å²) in [5.41, 5.74) is 1.62. The maximum absolute atomic E-state index is 9.54. The molecule has 3 nitrogen and oxygen atoms in total. The zero-order valence-corrected chi connectivity index (χ0v) is 12.2. The Morgan fingerprint density at radius 1 is 1.14 bits per heavy atom. The molecule has 0 amide bonds. The summed E-state index contributed by atoms with van der Waals surface area (Å²) in [7, 11) is 0. The lowest BCUT2D eigenvalue weighted by molar-refractivity contribution is 0.199. The maximum Gasteiger partial charge on any atom is 0.146 e. The lowest BCUT2D eigenvalue weighted by atomic mass is 10.1. The summed E-state index contributed by atoms with van der Waals surface area (Å²) < 4.78 is 5.80. The van der Waals surface area contributed by atoms with Crippen LogP contribution in [0, 0.1) is 0 Å². The third-order valence-corrected chi connectivity index (χ3v) is 3.54. The Morgan fingerprint density at radius 2 is 2.00 bits per heavy atom. The van der Waals surface area contributed by atoms with Crippen molar-refractivity contribution in [3.05, 3.63) is 65.3 Å². The number of halogens is 1. The minimum Gasteiger partial charge on any atom is -0.456 e. The molecule has 0 radical (unpaired) electrons. The van der Waals surface area contributed by atoms with Crippen molar-refractivity contribution in [1.82, 2.24) is 4.98 Å². The van der Waals surface area contributed by atoms with E-state index in [1.165, 1.54) is 0 Å². The number of aromatic nitrogens is 1. The van der Waals surface area contributed by atoms with Crippen LogP contribution in [0.3, 0.4) is 0 Å². The van der Waals surface area contributed by atoms with Crippen LogP contribution in [-0.4, -0.2) is 10.1 Å². The largest absolute Gasteiger partial charge is 0.456 e. The first-order valence-corrected chi connectivity index (χ1v) is 7.01. The second kappa shape index (κ2) is 5.72. The van der Waals surface area contributed by atoms with Crippen LogP contribution in [0.5, 0.6) is 11.5 Å². The van der Waals surface area contributed by atoms with Gasteiger partial charge in [-0.15, -0.1) is 0 Å². The van der Waals surface area contributed by atoms with Gasteiger partial charge in [0.05, 0.1) is 16.6 Å². The van der Waals surface area contributed by atoms with Gasteiger partial charge in [-0.3, -0.25) is 4.98 Å². The van der Waals surface area contributed by atoms with Crippen molar-refractivity contribution in [2.75, 3.05) is 0 Å². The molecule has 21 heavy (non-hydrogen) atoms. The second-order valence-electron chi connectivity index (χ2n) is 4.83. The summed E-state index contributed by atoms with van der Waals surface area (Å²) in [5.74, 6) is 1.23. The van der Waals surface area contributed by atoms with Crippen LogP contribution in [0.25, 0.3) is 10.9 Å². The van der Waals surface area contributed by atoms with Crippen molar-refractivity contribution >= 4 is 22.5 Å². The molecule has 1 unspecified atom stereocenters. The normalized spacial score (nSPS) is 12.3. The van der Waals surface area contributed by atoms with Crippen molar-refractivity contribution < 1.29 is 9.84 Å². The van der Waals surface area contributed by atoms with Crippen LogP contribution in [0.1, 0.15) is 18.6 Å². The monoisotopic (exact) mass is 299 g/mol. The van der Waals surface area contributed by atoms with Crippen LogP contribution in [0.2, 0.25) is 5.02 Å². The Kier molecular flexibility index (Phi) is 3.78. The van der Waals surface area contributed by atoms with Crippen molar-refractivity contribution in [1.29, 1.82) is 0 Å². The Balaban J connectivity index is 1.91. The fourth-order valence-corrected chi connectivity index (χ4v) is 2.32. The molecule has 0 aliphatic carbocycles. The first kappa shape index (κ1) is 13.9. The van der Waals surface area contributed by atoms with Crippen molar-refractivity contribution in [3.63, 3.8) is 0 Å². The second-order valence-corrected chi connectivity index (χ2v) is 5.23. The van der Waals surface area contributed by atoms with Gasteiger partial charge in [-0.1, -0.05) is 23.7 Å². The highest BCUT2D eigenvalue weighted by atomic mass is 35.5. The zero-order chi connectivity index (χ0) is 14.8. The van der Waals surface area contributed by atoms with Gasteiger partial charge in [0.15, 0.2) is 0 Å². The van der Waals surface area contributed by atoms with Crippen molar-refractivity contribution in [3.8, 4) is 11.5 Å². The number of hydrogen-bond donors (Lipinski definition) is 1. The van der Waals surface area contributed by atoms with E-state index >= 15 is 0 Å². The van der Waals surface area contributed by atoms with E-state index in [4.69, 9.17) is 16.3 Å². The first-order chi connectivity index (χ1) is 10.1. The lowest BCUT2D eigenvalue weighted by Gasteiger charge is -2.11. The van der Waals surface area contributed by atoms with E-state index in [-0.39, 0.29) is 0 Å². The average Bonchev–Trinajstić information content (AvgIpc) is 2.49. The summed E-state index contributed by atoms with van der Waals surface area (Å²) in [6.45, 7) is 1.70. The summed E-state index contributed by atoms with van der Waals surface area (Å²) >= 11 is 6.19. The van der Waals surface area contributed by atoms with Gasteiger partial charge in [-0.05, 0) is 42.8 Å². The molecule has 3 rings (SSSR count). The van der Waals surface area contributed by atoms with Crippen molar-refractivity contribution in [2.45, 2.75) is 13.0 Å². The Labute approximate surface area is 127 Å². The van der Waals surface area contributed by atoms with E-state index in [1.807, 2.05) is 30.3 Å². The summed E-state index contributed by atoms with van der Waals surface area (Å²) in [5, 5.41) is 11.1. The number of aliphatic hydroxyl groups excluding tert-OH is 1. The van der Waals surface area contributed by atoms with E-state index in [1.54, 1.807) is 31.3 Å². The van der Waals surface area contributed by atoms with Gasteiger partial charge in [-0.2, -0.15) is 0 Å². The van der Waals surface area contributed by atoms with E-state index in [2.05, 4.69) is 4.98 Å². The topological polar surface area (TPSA) is 42.4 Å². The molecular weight excluding hydrogens is 286 g/mol. The van der Waals surface area contributed by atoms with Gasteiger partial charge >= 0.3 is 0 Å². The molecule has 1 heterocycles. The Bertz CT molecular complexity index is 787. The number of fused-ring (bicyclic) bond motifs is 1. The van der Waals surface area contributed by atoms with E-state index in [0.717, 1.165) is 16.5 Å². The maximum atomic E-state index is 9.54. The molecule has 106 valence electrons.